The van der Waals surface area contributed by atoms with E-state index in [1.807, 2.05) is 4.90 Å². The maximum atomic E-state index is 12.4. The highest BCUT2D eigenvalue weighted by Gasteiger charge is 2.25. The molecule has 1 aromatic heterocycles. The van der Waals surface area contributed by atoms with Gasteiger partial charge >= 0.3 is 0 Å². The fraction of sp³-hybridized carbons (Fsp3) is 0.421. The van der Waals surface area contributed by atoms with Crippen LogP contribution in [0.25, 0.3) is 0 Å². The van der Waals surface area contributed by atoms with Crippen molar-refractivity contribution in [3.8, 4) is 0 Å². The van der Waals surface area contributed by atoms with Crippen LogP contribution in [0.5, 0.6) is 0 Å². The lowest BCUT2D eigenvalue weighted by Gasteiger charge is -2.32. The summed E-state index contributed by atoms with van der Waals surface area (Å²) in [4.78, 5) is 14.3. The molecule has 3 heteroatoms. The molecule has 1 fully saturated rings. The van der Waals surface area contributed by atoms with Crippen molar-refractivity contribution in [1.29, 1.82) is 0 Å². The monoisotopic (exact) mass is 297 g/mol. The van der Waals surface area contributed by atoms with Crippen LogP contribution in [0.3, 0.4) is 0 Å². The first-order valence-electron chi connectivity index (χ1n) is 8.11. The summed E-state index contributed by atoms with van der Waals surface area (Å²) in [6.45, 7) is 3.87. The number of benzene rings is 1. The summed E-state index contributed by atoms with van der Waals surface area (Å²) in [6, 6.07) is 12.1. The highest BCUT2D eigenvalue weighted by atomic mass is 16.3. The van der Waals surface area contributed by atoms with Crippen LogP contribution < -0.4 is 0 Å². The molecule has 0 unspecified atom stereocenters. The highest BCUT2D eigenvalue weighted by Crippen LogP contribution is 2.23. The van der Waals surface area contributed by atoms with Crippen molar-refractivity contribution in [2.24, 2.45) is 5.92 Å². The third-order valence-corrected chi connectivity index (χ3v) is 4.62. The van der Waals surface area contributed by atoms with Crippen LogP contribution in [0.1, 0.15) is 40.9 Å². The van der Waals surface area contributed by atoms with Gasteiger partial charge in [0.25, 0.3) is 5.91 Å². The first kappa shape index (κ1) is 14.9. The standard InChI is InChI=1S/C19H23NO2/c1-15-6-2-3-8-17(15)11-10-16-7-4-12-20(14-16)19(21)18-9-5-13-22-18/h2-3,5-6,8-9,13,16H,4,7,10-12,14H2,1H3/t16-/m0/s1. The predicted octanol–water partition coefficient (Wildman–Crippen LogP) is 4.07. The van der Waals surface area contributed by atoms with E-state index in [-0.39, 0.29) is 5.91 Å². The third-order valence-electron chi connectivity index (χ3n) is 4.62. The minimum absolute atomic E-state index is 0.0330. The molecule has 1 aliphatic heterocycles. The minimum Gasteiger partial charge on any atom is -0.459 e. The summed E-state index contributed by atoms with van der Waals surface area (Å²) >= 11 is 0. The quantitative estimate of drug-likeness (QED) is 0.852. The average molecular weight is 297 g/mol. The third kappa shape index (κ3) is 3.41. The van der Waals surface area contributed by atoms with Gasteiger partial charge in [0.05, 0.1) is 6.26 Å². The van der Waals surface area contributed by atoms with Crippen LogP contribution in [0.2, 0.25) is 0 Å². The van der Waals surface area contributed by atoms with Crippen LogP contribution >= 0.6 is 0 Å². The highest BCUT2D eigenvalue weighted by molar-refractivity contribution is 5.91. The molecule has 1 atom stereocenters. The molecule has 0 saturated carbocycles. The van der Waals surface area contributed by atoms with Crippen molar-refractivity contribution in [3.05, 3.63) is 59.5 Å². The number of hydrogen-bond acceptors (Lipinski definition) is 2. The lowest BCUT2D eigenvalue weighted by molar-refractivity contribution is 0.0636. The number of likely N-dealkylation sites (tertiary alicyclic amines) is 1. The van der Waals surface area contributed by atoms with E-state index in [9.17, 15) is 4.79 Å². The summed E-state index contributed by atoms with van der Waals surface area (Å²) in [6.07, 6.45) is 6.11. The van der Waals surface area contributed by atoms with Crippen molar-refractivity contribution in [1.82, 2.24) is 4.90 Å². The van der Waals surface area contributed by atoms with Gasteiger partial charge in [-0.05, 0) is 61.8 Å². The number of amides is 1. The van der Waals surface area contributed by atoms with Crippen LogP contribution in [0.15, 0.2) is 47.1 Å². The molecule has 0 bridgehead atoms. The summed E-state index contributed by atoms with van der Waals surface area (Å²) in [7, 11) is 0. The average Bonchev–Trinajstić information content (AvgIpc) is 3.08. The SMILES string of the molecule is Cc1ccccc1CC[C@@H]1CCCN(C(=O)c2ccco2)C1. The molecular formula is C19H23NO2. The van der Waals surface area contributed by atoms with E-state index in [0.29, 0.717) is 11.7 Å². The van der Waals surface area contributed by atoms with Crippen LogP contribution in [0, 0.1) is 12.8 Å². The zero-order valence-electron chi connectivity index (χ0n) is 13.1. The zero-order chi connectivity index (χ0) is 15.4. The molecule has 0 N–H and O–H groups in total. The Hall–Kier alpha value is -2.03. The van der Waals surface area contributed by atoms with E-state index in [0.717, 1.165) is 32.4 Å². The van der Waals surface area contributed by atoms with Crippen LogP contribution in [-0.2, 0) is 6.42 Å². The Kier molecular flexibility index (Phi) is 4.62. The fourth-order valence-electron chi connectivity index (χ4n) is 3.29. The molecular weight excluding hydrogens is 274 g/mol. The lowest BCUT2D eigenvalue weighted by Crippen LogP contribution is -2.39. The van der Waals surface area contributed by atoms with Crippen molar-refractivity contribution < 1.29 is 9.21 Å². The lowest BCUT2D eigenvalue weighted by atomic mass is 9.90. The number of aryl methyl sites for hydroxylation is 2. The number of nitrogens with zero attached hydrogens (tertiary/aromatic N) is 1. The van der Waals surface area contributed by atoms with Gasteiger partial charge < -0.3 is 9.32 Å². The number of hydrogen-bond donors (Lipinski definition) is 0. The minimum atomic E-state index is 0.0330. The second kappa shape index (κ2) is 6.82. The van der Waals surface area contributed by atoms with Gasteiger partial charge in [-0.15, -0.1) is 0 Å². The zero-order valence-corrected chi connectivity index (χ0v) is 13.1. The molecule has 0 radical (unpaired) electrons. The molecule has 1 aromatic carbocycles. The Labute approximate surface area is 131 Å². The molecule has 116 valence electrons. The maximum Gasteiger partial charge on any atom is 0.289 e. The summed E-state index contributed by atoms with van der Waals surface area (Å²) < 4.78 is 5.24. The molecule has 1 saturated heterocycles. The molecule has 1 amide bonds. The number of piperidine rings is 1. The van der Waals surface area contributed by atoms with Gasteiger partial charge in [0.15, 0.2) is 5.76 Å². The molecule has 3 rings (SSSR count). The molecule has 0 spiro atoms. The number of carbonyl (C=O) groups excluding carboxylic acids is 1. The van der Waals surface area contributed by atoms with Gasteiger partial charge in [-0.25, -0.2) is 0 Å². The van der Waals surface area contributed by atoms with E-state index in [2.05, 4.69) is 31.2 Å². The van der Waals surface area contributed by atoms with E-state index in [1.165, 1.54) is 17.5 Å². The van der Waals surface area contributed by atoms with Gasteiger partial charge in [0.2, 0.25) is 0 Å². The Bertz CT molecular complexity index is 618. The van der Waals surface area contributed by atoms with E-state index < -0.39 is 0 Å². The van der Waals surface area contributed by atoms with Gasteiger partial charge in [0, 0.05) is 13.1 Å². The summed E-state index contributed by atoms with van der Waals surface area (Å²) in [5.41, 5.74) is 2.79. The molecule has 2 aromatic rings. The Morgan fingerprint density at radius 2 is 2.14 bits per heavy atom. The number of rotatable bonds is 4. The van der Waals surface area contributed by atoms with Crippen molar-refractivity contribution in [3.63, 3.8) is 0 Å². The molecule has 2 heterocycles. The van der Waals surface area contributed by atoms with E-state index in [1.54, 1.807) is 18.4 Å². The van der Waals surface area contributed by atoms with Gasteiger partial charge in [-0.1, -0.05) is 24.3 Å². The van der Waals surface area contributed by atoms with E-state index in [4.69, 9.17) is 4.42 Å². The Balaban J connectivity index is 1.57. The van der Waals surface area contributed by atoms with Gasteiger partial charge in [-0.3, -0.25) is 4.79 Å². The first-order valence-corrected chi connectivity index (χ1v) is 8.11. The van der Waals surface area contributed by atoms with Gasteiger partial charge in [0.1, 0.15) is 0 Å². The van der Waals surface area contributed by atoms with Crippen LogP contribution in [-0.4, -0.2) is 23.9 Å². The first-order chi connectivity index (χ1) is 10.7. The predicted molar refractivity (Wildman–Crippen MR) is 86.8 cm³/mol. The Morgan fingerprint density at radius 3 is 2.91 bits per heavy atom. The van der Waals surface area contributed by atoms with E-state index >= 15 is 0 Å². The number of carbonyl (C=O) groups is 1. The van der Waals surface area contributed by atoms with Crippen molar-refractivity contribution >= 4 is 5.91 Å². The summed E-state index contributed by atoms with van der Waals surface area (Å²) in [5.74, 6) is 1.08. The molecule has 22 heavy (non-hydrogen) atoms. The largest absolute Gasteiger partial charge is 0.459 e. The van der Waals surface area contributed by atoms with Crippen molar-refractivity contribution in [2.45, 2.75) is 32.6 Å². The number of furan rings is 1. The van der Waals surface area contributed by atoms with Gasteiger partial charge in [-0.2, -0.15) is 0 Å². The maximum absolute atomic E-state index is 12.4. The second-order valence-electron chi connectivity index (χ2n) is 6.20. The summed E-state index contributed by atoms with van der Waals surface area (Å²) in [5, 5.41) is 0. The van der Waals surface area contributed by atoms with Crippen molar-refractivity contribution in [2.75, 3.05) is 13.1 Å². The fourth-order valence-corrected chi connectivity index (χ4v) is 3.29. The Morgan fingerprint density at radius 1 is 1.27 bits per heavy atom. The normalized spacial score (nSPS) is 18.4. The second-order valence-corrected chi connectivity index (χ2v) is 6.20. The molecule has 0 aliphatic carbocycles. The smallest absolute Gasteiger partial charge is 0.289 e. The van der Waals surface area contributed by atoms with Crippen LogP contribution in [0.4, 0.5) is 0 Å². The topological polar surface area (TPSA) is 33.5 Å². The molecule has 1 aliphatic rings. The molecule has 3 nitrogen and oxygen atoms in total.